The lowest BCUT2D eigenvalue weighted by Gasteiger charge is -2.38. The van der Waals surface area contributed by atoms with Gasteiger partial charge in [0.05, 0.1) is 5.54 Å². The van der Waals surface area contributed by atoms with E-state index in [9.17, 15) is 4.79 Å². The molecule has 0 aliphatic rings. The molecule has 3 nitrogen and oxygen atoms in total. The van der Waals surface area contributed by atoms with Crippen LogP contribution in [-0.4, -0.2) is 29.4 Å². The van der Waals surface area contributed by atoms with Crippen LogP contribution in [0.5, 0.6) is 0 Å². The van der Waals surface area contributed by atoms with Crippen LogP contribution in [0.3, 0.4) is 0 Å². The van der Waals surface area contributed by atoms with Crippen molar-refractivity contribution >= 4 is 5.91 Å². The van der Waals surface area contributed by atoms with Gasteiger partial charge in [0.2, 0.25) is 5.91 Å². The van der Waals surface area contributed by atoms with Crippen molar-refractivity contribution in [1.29, 1.82) is 0 Å². The fraction of sp³-hybridized carbons (Fsp3) is 0.923. The number of carbonyl (C=O) groups excluding carboxylic acids is 1. The third-order valence-corrected chi connectivity index (χ3v) is 3.37. The molecule has 96 valence electrons. The molecule has 1 unspecified atom stereocenters. The molecule has 0 spiro atoms. The Hall–Kier alpha value is -0.570. The molecule has 0 aliphatic heterocycles. The predicted molar refractivity (Wildman–Crippen MR) is 69.3 cm³/mol. The highest BCUT2D eigenvalue weighted by Gasteiger charge is 2.35. The fourth-order valence-corrected chi connectivity index (χ4v) is 2.18. The summed E-state index contributed by atoms with van der Waals surface area (Å²) in [4.78, 5) is 13.9. The number of rotatable bonds is 9. The van der Waals surface area contributed by atoms with E-state index < -0.39 is 5.54 Å². The van der Waals surface area contributed by atoms with Gasteiger partial charge < -0.3 is 5.73 Å². The van der Waals surface area contributed by atoms with Crippen molar-refractivity contribution in [3.05, 3.63) is 0 Å². The molecule has 0 saturated carbocycles. The largest absolute Gasteiger partial charge is 0.368 e. The maximum atomic E-state index is 11.7. The molecule has 0 bridgehead atoms. The van der Waals surface area contributed by atoms with Gasteiger partial charge in [-0.2, -0.15) is 0 Å². The monoisotopic (exact) mass is 228 g/mol. The second kappa shape index (κ2) is 7.66. The predicted octanol–water partition coefficient (Wildman–Crippen LogP) is 2.54. The van der Waals surface area contributed by atoms with E-state index in [-0.39, 0.29) is 5.91 Å². The minimum absolute atomic E-state index is 0.182. The van der Waals surface area contributed by atoms with Crippen LogP contribution >= 0.6 is 0 Å². The summed E-state index contributed by atoms with van der Waals surface area (Å²) in [6.07, 6.45) is 5.37. The molecule has 0 aliphatic carbocycles. The summed E-state index contributed by atoms with van der Waals surface area (Å²) in [5.74, 6) is -0.182. The van der Waals surface area contributed by atoms with Crippen molar-refractivity contribution in [2.24, 2.45) is 5.73 Å². The van der Waals surface area contributed by atoms with E-state index in [1.165, 1.54) is 12.8 Å². The Morgan fingerprint density at radius 2 is 1.81 bits per heavy atom. The van der Waals surface area contributed by atoms with Gasteiger partial charge in [0.15, 0.2) is 0 Å². The number of hydrogen-bond donors (Lipinski definition) is 1. The van der Waals surface area contributed by atoms with Crippen molar-refractivity contribution in [2.75, 3.05) is 13.1 Å². The van der Waals surface area contributed by atoms with Gasteiger partial charge in [-0.15, -0.1) is 0 Å². The lowest BCUT2D eigenvalue weighted by atomic mass is 9.91. The van der Waals surface area contributed by atoms with E-state index in [2.05, 4.69) is 25.7 Å². The van der Waals surface area contributed by atoms with Gasteiger partial charge in [-0.05, 0) is 32.9 Å². The van der Waals surface area contributed by atoms with E-state index in [1.807, 2.05) is 6.92 Å². The van der Waals surface area contributed by atoms with E-state index >= 15 is 0 Å². The number of carbonyl (C=O) groups is 1. The van der Waals surface area contributed by atoms with E-state index in [0.717, 1.165) is 32.4 Å². The van der Waals surface area contributed by atoms with Crippen molar-refractivity contribution in [2.45, 2.75) is 65.3 Å². The summed E-state index contributed by atoms with van der Waals surface area (Å²) < 4.78 is 0. The Bertz CT molecular complexity index is 206. The molecule has 0 aromatic heterocycles. The van der Waals surface area contributed by atoms with Crippen molar-refractivity contribution in [3.63, 3.8) is 0 Å². The normalized spacial score (nSPS) is 15.1. The zero-order chi connectivity index (χ0) is 12.6. The first kappa shape index (κ1) is 15.4. The number of primary amides is 1. The van der Waals surface area contributed by atoms with Crippen LogP contribution in [0.25, 0.3) is 0 Å². The number of nitrogens with two attached hydrogens (primary N) is 1. The third-order valence-electron chi connectivity index (χ3n) is 3.37. The highest BCUT2D eigenvalue weighted by Crippen LogP contribution is 2.22. The first-order chi connectivity index (χ1) is 7.52. The summed E-state index contributed by atoms with van der Waals surface area (Å²) in [6, 6.07) is 0. The molecule has 0 radical (unpaired) electrons. The lowest BCUT2D eigenvalue weighted by Crippen LogP contribution is -2.55. The van der Waals surface area contributed by atoms with Gasteiger partial charge in [0, 0.05) is 0 Å². The molecule has 0 heterocycles. The van der Waals surface area contributed by atoms with E-state index in [0.29, 0.717) is 0 Å². The van der Waals surface area contributed by atoms with Crippen LogP contribution in [0.4, 0.5) is 0 Å². The number of nitrogens with zero attached hydrogens (tertiary/aromatic N) is 1. The van der Waals surface area contributed by atoms with Crippen LogP contribution in [-0.2, 0) is 4.79 Å². The molecule has 0 rings (SSSR count). The molecule has 0 aromatic carbocycles. The van der Waals surface area contributed by atoms with Crippen LogP contribution in [0.15, 0.2) is 0 Å². The van der Waals surface area contributed by atoms with Crippen LogP contribution in [0, 0.1) is 0 Å². The molecule has 3 heteroatoms. The van der Waals surface area contributed by atoms with Crippen LogP contribution in [0.1, 0.15) is 59.8 Å². The SMILES string of the molecule is CCCCCC(C)(C(N)=O)N(CC)CCC. The molecule has 0 aromatic rings. The van der Waals surface area contributed by atoms with Gasteiger partial charge in [0.1, 0.15) is 0 Å². The van der Waals surface area contributed by atoms with Gasteiger partial charge in [-0.1, -0.05) is 40.0 Å². The van der Waals surface area contributed by atoms with Gasteiger partial charge >= 0.3 is 0 Å². The highest BCUT2D eigenvalue weighted by molar-refractivity contribution is 5.84. The number of hydrogen-bond acceptors (Lipinski definition) is 2. The lowest BCUT2D eigenvalue weighted by molar-refractivity contribution is -0.129. The van der Waals surface area contributed by atoms with Crippen molar-refractivity contribution < 1.29 is 4.79 Å². The minimum atomic E-state index is -0.458. The second-order valence-electron chi connectivity index (χ2n) is 4.67. The van der Waals surface area contributed by atoms with E-state index in [4.69, 9.17) is 5.73 Å². The summed E-state index contributed by atoms with van der Waals surface area (Å²) in [5, 5.41) is 0. The Morgan fingerprint density at radius 1 is 1.19 bits per heavy atom. The van der Waals surface area contributed by atoms with Crippen molar-refractivity contribution in [1.82, 2.24) is 4.90 Å². The first-order valence-corrected chi connectivity index (χ1v) is 6.57. The maximum Gasteiger partial charge on any atom is 0.237 e. The summed E-state index contributed by atoms with van der Waals surface area (Å²) in [6.45, 7) is 10.2. The van der Waals surface area contributed by atoms with Crippen LogP contribution < -0.4 is 5.73 Å². The summed E-state index contributed by atoms with van der Waals surface area (Å²) in [5.41, 5.74) is 5.12. The van der Waals surface area contributed by atoms with Crippen molar-refractivity contribution in [3.8, 4) is 0 Å². The third kappa shape index (κ3) is 4.12. The molecule has 0 fully saturated rings. The van der Waals surface area contributed by atoms with Crippen LogP contribution in [0.2, 0.25) is 0 Å². The second-order valence-corrected chi connectivity index (χ2v) is 4.67. The Labute approximate surface area is 100 Å². The van der Waals surface area contributed by atoms with Gasteiger partial charge in [-0.25, -0.2) is 0 Å². The average molecular weight is 228 g/mol. The number of amides is 1. The zero-order valence-corrected chi connectivity index (χ0v) is 11.4. The maximum absolute atomic E-state index is 11.7. The number of likely N-dealkylation sites (N-methyl/N-ethyl adjacent to an activating group) is 1. The van der Waals surface area contributed by atoms with E-state index in [1.54, 1.807) is 0 Å². The van der Waals surface area contributed by atoms with Gasteiger partial charge in [0.25, 0.3) is 0 Å². The Kier molecular flexibility index (Phi) is 7.39. The average Bonchev–Trinajstić information content (AvgIpc) is 2.25. The molecule has 2 N–H and O–H groups in total. The quantitative estimate of drug-likeness (QED) is 0.616. The topological polar surface area (TPSA) is 46.3 Å². The standard InChI is InChI=1S/C13H28N2O/c1-5-8-9-10-13(4,12(14)16)15(7-3)11-6-2/h5-11H2,1-4H3,(H2,14,16). The number of unbranched alkanes of at least 4 members (excludes halogenated alkanes) is 2. The van der Waals surface area contributed by atoms with Gasteiger partial charge in [-0.3, -0.25) is 9.69 Å². The fourth-order valence-electron chi connectivity index (χ4n) is 2.18. The minimum Gasteiger partial charge on any atom is -0.368 e. The highest BCUT2D eigenvalue weighted by atomic mass is 16.1. The molecular weight excluding hydrogens is 200 g/mol. The molecule has 1 atom stereocenters. The zero-order valence-electron chi connectivity index (χ0n) is 11.4. The summed E-state index contributed by atoms with van der Waals surface area (Å²) >= 11 is 0. The first-order valence-electron chi connectivity index (χ1n) is 6.57. The molecule has 16 heavy (non-hydrogen) atoms. The smallest absolute Gasteiger partial charge is 0.237 e. The Morgan fingerprint density at radius 3 is 2.19 bits per heavy atom. The molecular formula is C13H28N2O. The molecule has 1 amide bonds. The molecule has 0 saturated heterocycles. The summed E-state index contributed by atoms with van der Waals surface area (Å²) in [7, 11) is 0. The Balaban J connectivity index is 4.57.